The number of hydrogen-bond donors (Lipinski definition) is 2. The summed E-state index contributed by atoms with van der Waals surface area (Å²) in [4.78, 5) is 0.462. The van der Waals surface area contributed by atoms with Gasteiger partial charge >= 0.3 is 0 Å². The van der Waals surface area contributed by atoms with Crippen molar-refractivity contribution in [2.45, 2.75) is 87.2 Å². The Morgan fingerprint density at radius 1 is 0.714 bits per heavy atom. The van der Waals surface area contributed by atoms with Gasteiger partial charge < -0.3 is 29.1 Å². The molecule has 2 aliphatic rings. The van der Waals surface area contributed by atoms with Crippen LogP contribution < -0.4 is 9.47 Å². The molecule has 2 aliphatic carbocycles. The lowest BCUT2D eigenvalue weighted by Crippen LogP contribution is -2.48. The van der Waals surface area contributed by atoms with Gasteiger partial charge in [0.05, 0.1) is 79.2 Å². The Morgan fingerprint density at radius 3 is 1.55 bits per heavy atom. The van der Waals surface area contributed by atoms with E-state index in [0.29, 0.717) is 41.7 Å². The second kappa shape index (κ2) is 16.6. The van der Waals surface area contributed by atoms with Crippen LogP contribution in [0.2, 0.25) is 0 Å². The molecule has 0 spiro atoms. The van der Waals surface area contributed by atoms with Crippen LogP contribution in [-0.2, 0) is 0 Å². The first-order valence-electron chi connectivity index (χ1n) is 24.5. The van der Waals surface area contributed by atoms with Gasteiger partial charge in [0.2, 0.25) is 0 Å². The molecule has 42 heavy (non-hydrogen) atoms. The summed E-state index contributed by atoms with van der Waals surface area (Å²) in [5.74, 6) is -1.82. The zero-order valence-electron chi connectivity index (χ0n) is 44.8. The van der Waals surface area contributed by atoms with Gasteiger partial charge in [0, 0.05) is 20.7 Å². The van der Waals surface area contributed by atoms with Gasteiger partial charge in [0.15, 0.2) is 0 Å². The predicted molar refractivity (Wildman–Crippen MR) is 184 cm³/mol. The molecule has 6 nitrogen and oxygen atoms in total. The van der Waals surface area contributed by atoms with Crippen LogP contribution in [0.4, 0.5) is 0 Å². The fourth-order valence-electron chi connectivity index (χ4n) is 6.19. The minimum atomic E-state index is -3.44. The summed E-state index contributed by atoms with van der Waals surface area (Å²) in [5.41, 5.74) is -1.95. The second-order valence-electron chi connectivity index (χ2n) is 11.4. The van der Waals surface area contributed by atoms with Gasteiger partial charge in [-0.15, -0.1) is 24.0 Å². The first kappa shape index (κ1) is 16.3. The molecule has 238 valence electrons. The van der Waals surface area contributed by atoms with Gasteiger partial charge in [-0.3, -0.25) is 0 Å². The van der Waals surface area contributed by atoms with Gasteiger partial charge in [-0.05, 0) is 75.0 Å². The van der Waals surface area contributed by atoms with E-state index in [1.54, 1.807) is 12.1 Å². The molecule has 0 heterocycles. The molecule has 7 heteroatoms. The number of halogens is 1. The molecule has 0 radical (unpaired) electrons. The maximum atomic E-state index is 11.5. The van der Waals surface area contributed by atoms with Crippen molar-refractivity contribution in [3.8, 4) is 11.5 Å². The first-order valence-corrected chi connectivity index (χ1v) is 14.0. The molecule has 2 N–H and O–H groups in total. The van der Waals surface area contributed by atoms with Crippen LogP contribution in [0.5, 0.6) is 11.5 Å². The van der Waals surface area contributed by atoms with Gasteiger partial charge in [-0.2, -0.15) is 0 Å². The average Bonchev–Trinajstić information content (AvgIpc) is 3.06. The van der Waals surface area contributed by atoms with Crippen LogP contribution in [0.3, 0.4) is 0 Å². The highest BCUT2D eigenvalue weighted by molar-refractivity contribution is 14.0. The van der Waals surface area contributed by atoms with Crippen molar-refractivity contribution in [1.29, 1.82) is 0 Å². The van der Waals surface area contributed by atoms with Crippen LogP contribution in [-0.4, -0.2) is 92.8 Å². The molecule has 0 amide bonds. The molecular weight excluding hydrogens is 639 g/mol. The zero-order chi connectivity index (χ0) is 47.6. The number of ether oxygens (including phenoxy) is 2. The van der Waals surface area contributed by atoms with Crippen molar-refractivity contribution in [3.05, 3.63) is 59.7 Å². The monoisotopic (exact) mass is 718 g/mol. The third-order valence-corrected chi connectivity index (χ3v) is 8.36. The van der Waals surface area contributed by atoms with Crippen molar-refractivity contribution in [2.75, 3.05) is 62.0 Å². The van der Waals surface area contributed by atoms with E-state index in [9.17, 15) is 10.2 Å². The quantitative estimate of drug-likeness (QED) is 0.208. The van der Waals surface area contributed by atoms with Gasteiger partial charge in [0.25, 0.3) is 0 Å². The summed E-state index contributed by atoms with van der Waals surface area (Å²) in [5, 5.41) is 22.8. The molecule has 0 saturated heterocycles. The third kappa shape index (κ3) is 10.7. The minimum absolute atomic E-state index is 0. The molecule has 2 atom stereocenters. The summed E-state index contributed by atoms with van der Waals surface area (Å²) >= 11 is 0. The van der Waals surface area contributed by atoms with Crippen LogP contribution >= 0.6 is 24.0 Å². The van der Waals surface area contributed by atoms with E-state index in [-0.39, 0.29) is 54.9 Å². The van der Waals surface area contributed by atoms with Gasteiger partial charge in [-0.1, -0.05) is 62.8 Å². The highest BCUT2D eigenvalue weighted by atomic mass is 127. The Kier molecular flexibility index (Phi) is 6.43. The number of hydrogen-bond acceptors (Lipinski definition) is 5. The molecule has 2 aromatic carbocycles. The predicted octanol–water partition coefficient (Wildman–Crippen LogP) is 6.83. The molecule has 2 saturated carbocycles. The SMILES string of the molecule is I.[2H]C([2H])([2H])Oc1ccc(C(CN(C([2H])([2H])[2H])C([2H])([2H])[2H])C2(O)CCCCC2)cc1.[2H]C([2H])([2H])Oc1ccc(C(C[N+](C([2H])([2H])[2H])(C([2H])([2H])[2H])C([2H])([2H])[2H])C2(O)CCCCC2)cc1. The second-order valence-corrected chi connectivity index (χ2v) is 11.4. The molecule has 2 aromatic rings. The maximum absolute atomic E-state index is 11.5. The highest BCUT2D eigenvalue weighted by Crippen LogP contribution is 2.42. The summed E-state index contributed by atoms with van der Waals surface area (Å²) < 4.78 is 168. The number of quaternary nitrogens is 1. The number of rotatable bonds is 10. The van der Waals surface area contributed by atoms with E-state index < -0.39 is 83.0 Å². The number of likely N-dealkylation sites (N-methyl/N-ethyl adjacent to an activating group) is 2. The molecule has 2 fully saturated rings. The van der Waals surface area contributed by atoms with E-state index >= 15 is 0 Å². The van der Waals surface area contributed by atoms with Crippen LogP contribution in [0, 0.1) is 0 Å². The Labute approximate surface area is 302 Å². The first-order chi connectivity index (χ1) is 27.9. The fraction of sp³-hybridized carbons (Fsp3) is 0.657. The lowest BCUT2D eigenvalue weighted by atomic mass is 9.72. The van der Waals surface area contributed by atoms with Crippen molar-refractivity contribution in [2.24, 2.45) is 0 Å². The van der Waals surface area contributed by atoms with E-state index in [1.807, 2.05) is 0 Å². The van der Waals surface area contributed by atoms with Crippen molar-refractivity contribution < 1.29 is 53.0 Å². The maximum Gasteiger partial charge on any atom is 0.118 e. The van der Waals surface area contributed by atoms with Crippen molar-refractivity contribution >= 4 is 24.0 Å². The van der Waals surface area contributed by atoms with Gasteiger partial charge in [0.1, 0.15) is 11.5 Å². The average molecular weight is 719 g/mol. The van der Waals surface area contributed by atoms with Gasteiger partial charge in [-0.25, -0.2) is 0 Å². The Morgan fingerprint density at radius 2 is 1.14 bits per heavy atom. The largest absolute Gasteiger partial charge is 0.497 e. The third-order valence-electron chi connectivity index (χ3n) is 8.36. The van der Waals surface area contributed by atoms with Crippen LogP contribution in [0.1, 0.15) is 116 Å². The fourth-order valence-corrected chi connectivity index (χ4v) is 6.19. The topological polar surface area (TPSA) is 62.2 Å². The summed E-state index contributed by atoms with van der Waals surface area (Å²) in [6.07, 6.45) is 5.87. The lowest BCUT2D eigenvalue weighted by Gasteiger charge is -2.42. The van der Waals surface area contributed by atoms with Crippen molar-refractivity contribution in [3.63, 3.8) is 0 Å². The Balaban J connectivity index is 0.000000430. The summed E-state index contributed by atoms with van der Waals surface area (Å²) in [6.45, 7) is -17.3. The standard InChI is InChI=1S/C18H30NO2.C17H27NO2.HI/c1-19(2,3)14-17(18(20)12-6-5-7-13-18)15-8-10-16(21-4)11-9-15;1-18(2)13-16(17(19)11-5-4-6-12-17)14-7-9-15(20-3)10-8-14;/h8-11,17,20H,5-7,12-14H2,1-4H3;7-10,16,19H,4-6,11-13H2,1-3H3;1H/q+1;;/i1D3,2D3,3D3,4D3;1D3,2D3,3D3;. The number of benzene rings is 2. The number of methoxy groups -OCH3 is 2. The number of aliphatic hydroxyl groups is 2. The molecule has 0 bridgehead atoms. The van der Waals surface area contributed by atoms with E-state index in [2.05, 4.69) is 0 Å². The van der Waals surface area contributed by atoms with Crippen LogP contribution in [0.25, 0.3) is 0 Å². The molecule has 4 rings (SSSR count). The van der Waals surface area contributed by atoms with Crippen LogP contribution in [0.15, 0.2) is 48.5 Å². The van der Waals surface area contributed by atoms with E-state index in [1.165, 1.54) is 36.4 Å². The lowest BCUT2D eigenvalue weighted by molar-refractivity contribution is -0.872. The zero-order valence-corrected chi connectivity index (χ0v) is 26.1. The minimum Gasteiger partial charge on any atom is -0.497 e. The molecule has 2 unspecified atom stereocenters. The van der Waals surface area contributed by atoms with E-state index in [4.69, 9.17) is 38.3 Å². The Bertz CT molecular complexity index is 1660. The normalized spacial score (nSPS) is 29.0. The highest BCUT2D eigenvalue weighted by Gasteiger charge is 2.41. The summed E-state index contributed by atoms with van der Waals surface area (Å²) in [6, 6.07) is 11.4. The molecular formula is C35H58IN2O4+. The molecule has 0 aliphatic heterocycles. The summed E-state index contributed by atoms with van der Waals surface area (Å²) in [7, 11) is -5.31. The Hall–Kier alpha value is -1.39. The van der Waals surface area contributed by atoms with E-state index in [0.717, 1.165) is 25.7 Å². The number of nitrogens with zero attached hydrogens (tertiary/aromatic N) is 2. The molecule has 0 aromatic heterocycles. The smallest absolute Gasteiger partial charge is 0.118 e. The van der Waals surface area contributed by atoms with Crippen molar-refractivity contribution in [1.82, 2.24) is 4.90 Å².